The largest absolute Gasteiger partial charge is 0.480 e. The molecule has 1 aromatic carbocycles. The molecule has 5 nitrogen and oxygen atoms in total. The van der Waals surface area contributed by atoms with Gasteiger partial charge < -0.3 is 15.7 Å². The van der Waals surface area contributed by atoms with Gasteiger partial charge in [0.05, 0.1) is 0 Å². The number of urea groups is 1. The molecule has 0 heterocycles. The topological polar surface area (TPSA) is 78.4 Å². The van der Waals surface area contributed by atoms with Gasteiger partial charge in [-0.15, -0.1) is 0 Å². The molecule has 0 bridgehead atoms. The maximum atomic E-state index is 11.7. The molecule has 2 atom stereocenters. The second-order valence-electron chi connectivity index (χ2n) is 4.82. The van der Waals surface area contributed by atoms with E-state index in [-0.39, 0.29) is 0 Å². The number of hydrogen-bond donors (Lipinski definition) is 3. The Labute approximate surface area is 129 Å². The molecular formula is C15H22N2O3S. The van der Waals surface area contributed by atoms with Crippen LogP contribution in [-0.2, 0) is 11.2 Å². The number of rotatable bonds is 8. The summed E-state index contributed by atoms with van der Waals surface area (Å²) >= 11 is 1.64. The molecule has 3 N–H and O–H groups in total. The Morgan fingerprint density at radius 1 is 1.29 bits per heavy atom. The summed E-state index contributed by atoms with van der Waals surface area (Å²) in [6.45, 7) is 2.51. The van der Waals surface area contributed by atoms with Crippen LogP contribution in [0.3, 0.4) is 0 Å². The van der Waals surface area contributed by atoms with E-state index in [9.17, 15) is 14.7 Å². The smallest absolute Gasteiger partial charge is 0.326 e. The van der Waals surface area contributed by atoms with Crippen LogP contribution in [0.2, 0.25) is 0 Å². The van der Waals surface area contributed by atoms with Crippen molar-refractivity contribution >= 4 is 23.8 Å². The van der Waals surface area contributed by atoms with Crippen molar-refractivity contribution in [1.29, 1.82) is 0 Å². The van der Waals surface area contributed by atoms with Crippen molar-refractivity contribution in [3.63, 3.8) is 0 Å². The van der Waals surface area contributed by atoms with Crippen molar-refractivity contribution in [2.24, 2.45) is 0 Å². The number of aliphatic carboxylic acids is 1. The van der Waals surface area contributed by atoms with Gasteiger partial charge in [0, 0.05) is 11.8 Å². The van der Waals surface area contributed by atoms with Crippen molar-refractivity contribution < 1.29 is 14.7 Å². The van der Waals surface area contributed by atoms with Gasteiger partial charge in [-0.05, 0) is 24.7 Å². The van der Waals surface area contributed by atoms with Gasteiger partial charge in [0.15, 0.2) is 0 Å². The highest BCUT2D eigenvalue weighted by Crippen LogP contribution is 2.06. The van der Waals surface area contributed by atoms with Crippen LogP contribution >= 0.6 is 11.8 Å². The van der Waals surface area contributed by atoms with E-state index < -0.39 is 18.0 Å². The van der Waals surface area contributed by atoms with Gasteiger partial charge in [0.1, 0.15) is 6.04 Å². The van der Waals surface area contributed by atoms with Crippen molar-refractivity contribution in [3.05, 3.63) is 35.9 Å². The average molecular weight is 310 g/mol. The first kappa shape index (κ1) is 17.4. The molecule has 116 valence electrons. The van der Waals surface area contributed by atoms with Crippen LogP contribution in [0.15, 0.2) is 30.3 Å². The van der Waals surface area contributed by atoms with Crippen LogP contribution in [0.25, 0.3) is 0 Å². The molecule has 1 rings (SSSR count). The number of carboxylic acid groups (broad SMARTS) is 1. The number of hydrogen-bond acceptors (Lipinski definition) is 3. The van der Waals surface area contributed by atoms with E-state index >= 15 is 0 Å². The zero-order valence-corrected chi connectivity index (χ0v) is 13.2. The molecule has 0 spiro atoms. The molecule has 0 aromatic heterocycles. The summed E-state index contributed by atoms with van der Waals surface area (Å²) in [7, 11) is 0. The van der Waals surface area contributed by atoms with Crippen molar-refractivity contribution in [2.45, 2.75) is 31.1 Å². The molecule has 2 amide bonds. The molecule has 0 saturated heterocycles. The second-order valence-corrected chi connectivity index (χ2v) is 6.09. The minimum atomic E-state index is -1.01. The van der Waals surface area contributed by atoms with E-state index in [0.29, 0.717) is 24.6 Å². The Balaban J connectivity index is 2.42. The zero-order valence-electron chi connectivity index (χ0n) is 12.3. The summed E-state index contributed by atoms with van der Waals surface area (Å²) in [4.78, 5) is 22.9. The molecule has 0 aliphatic rings. The standard InChI is InChI=1S/C15H22N2O3S/c1-11(21-2)10-16-15(20)17-13(14(18)19)9-8-12-6-4-3-5-7-12/h3-7,11,13H,8-10H2,1-2H3,(H,18,19)(H2,16,17,20). The van der Waals surface area contributed by atoms with Gasteiger partial charge in [-0.25, -0.2) is 9.59 Å². The van der Waals surface area contributed by atoms with Gasteiger partial charge in [-0.1, -0.05) is 37.3 Å². The fourth-order valence-corrected chi connectivity index (χ4v) is 1.99. The lowest BCUT2D eigenvalue weighted by Gasteiger charge is -2.16. The molecule has 1 aromatic rings. The van der Waals surface area contributed by atoms with E-state index in [2.05, 4.69) is 10.6 Å². The van der Waals surface area contributed by atoms with Gasteiger partial charge in [0.25, 0.3) is 0 Å². The molecule has 0 aliphatic heterocycles. The Kier molecular flexibility index (Phi) is 7.68. The van der Waals surface area contributed by atoms with Crippen LogP contribution in [0.4, 0.5) is 4.79 Å². The van der Waals surface area contributed by atoms with Gasteiger partial charge in [0.2, 0.25) is 0 Å². The molecule has 21 heavy (non-hydrogen) atoms. The number of aryl methyl sites for hydroxylation is 1. The van der Waals surface area contributed by atoms with Gasteiger partial charge >= 0.3 is 12.0 Å². The fraction of sp³-hybridized carbons (Fsp3) is 0.467. The van der Waals surface area contributed by atoms with Crippen LogP contribution < -0.4 is 10.6 Å². The molecule has 6 heteroatoms. The molecule has 0 saturated carbocycles. The highest BCUT2D eigenvalue weighted by molar-refractivity contribution is 7.99. The number of carbonyl (C=O) groups excluding carboxylic acids is 1. The maximum Gasteiger partial charge on any atom is 0.326 e. The summed E-state index contributed by atoms with van der Waals surface area (Å²) < 4.78 is 0. The van der Waals surface area contributed by atoms with Crippen LogP contribution in [-0.4, -0.2) is 41.2 Å². The minimum absolute atomic E-state index is 0.295. The molecule has 0 aliphatic carbocycles. The lowest BCUT2D eigenvalue weighted by Crippen LogP contribution is -2.47. The summed E-state index contributed by atoms with van der Waals surface area (Å²) in [5.41, 5.74) is 1.06. The molecule has 2 unspecified atom stereocenters. The van der Waals surface area contributed by atoms with Gasteiger partial charge in [-0.2, -0.15) is 11.8 Å². The first-order valence-electron chi connectivity index (χ1n) is 6.86. The number of amides is 2. The lowest BCUT2D eigenvalue weighted by molar-refractivity contribution is -0.139. The summed E-state index contributed by atoms with van der Waals surface area (Å²) in [6.07, 6.45) is 2.94. The first-order valence-corrected chi connectivity index (χ1v) is 8.15. The van der Waals surface area contributed by atoms with E-state index in [1.807, 2.05) is 43.5 Å². The Morgan fingerprint density at radius 3 is 2.52 bits per heavy atom. The highest BCUT2D eigenvalue weighted by Gasteiger charge is 2.19. The highest BCUT2D eigenvalue weighted by atomic mass is 32.2. The van der Waals surface area contributed by atoms with E-state index in [0.717, 1.165) is 5.56 Å². The monoisotopic (exact) mass is 310 g/mol. The molecular weight excluding hydrogens is 288 g/mol. The summed E-state index contributed by atoms with van der Waals surface area (Å²) in [5.74, 6) is -1.01. The SMILES string of the molecule is CSC(C)CNC(=O)NC(CCc1ccccc1)C(=O)O. The Bertz CT molecular complexity index is 453. The van der Waals surface area contributed by atoms with Crippen molar-refractivity contribution in [3.8, 4) is 0 Å². The summed E-state index contributed by atoms with van der Waals surface area (Å²) in [5, 5.41) is 14.7. The van der Waals surface area contributed by atoms with Crippen molar-refractivity contribution in [1.82, 2.24) is 10.6 Å². The molecule has 0 fully saturated rings. The van der Waals surface area contributed by atoms with E-state index in [1.54, 1.807) is 11.8 Å². The van der Waals surface area contributed by atoms with Crippen molar-refractivity contribution in [2.75, 3.05) is 12.8 Å². The predicted molar refractivity (Wildman–Crippen MR) is 85.7 cm³/mol. The average Bonchev–Trinajstić information content (AvgIpc) is 2.49. The minimum Gasteiger partial charge on any atom is -0.480 e. The normalized spacial score (nSPS) is 13.2. The van der Waals surface area contributed by atoms with Crippen LogP contribution in [0, 0.1) is 0 Å². The second kappa shape index (κ2) is 9.28. The maximum absolute atomic E-state index is 11.7. The van der Waals surface area contributed by atoms with Gasteiger partial charge in [-0.3, -0.25) is 0 Å². The third-order valence-electron chi connectivity index (χ3n) is 3.12. The van der Waals surface area contributed by atoms with Crippen LogP contribution in [0.5, 0.6) is 0 Å². The fourth-order valence-electron chi connectivity index (χ4n) is 1.74. The zero-order chi connectivity index (χ0) is 15.7. The van der Waals surface area contributed by atoms with E-state index in [1.165, 1.54) is 0 Å². The third kappa shape index (κ3) is 7.04. The summed E-state index contributed by atoms with van der Waals surface area (Å²) in [6, 6.07) is 8.31. The number of nitrogens with one attached hydrogen (secondary N) is 2. The Morgan fingerprint density at radius 2 is 1.95 bits per heavy atom. The number of thioether (sulfide) groups is 1. The predicted octanol–water partition coefficient (Wildman–Crippen LogP) is 2.12. The quantitative estimate of drug-likeness (QED) is 0.687. The number of carbonyl (C=O) groups is 2. The van der Waals surface area contributed by atoms with Crippen LogP contribution in [0.1, 0.15) is 18.9 Å². The first-order chi connectivity index (χ1) is 10.0. The lowest BCUT2D eigenvalue weighted by atomic mass is 10.1. The Hall–Kier alpha value is -1.69. The third-order valence-corrected chi connectivity index (χ3v) is 4.09. The molecule has 0 radical (unpaired) electrons. The number of carboxylic acids is 1. The number of benzene rings is 1. The van der Waals surface area contributed by atoms with E-state index in [4.69, 9.17) is 0 Å².